The van der Waals surface area contributed by atoms with Crippen molar-refractivity contribution in [1.29, 1.82) is 0 Å². The number of amides is 1. The molecule has 0 radical (unpaired) electrons. The Labute approximate surface area is 163 Å². The first-order valence-electron chi connectivity index (χ1n) is 8.62. The lowest BCUT2D eigenvalue weighted by Gasteiger charge is -2.10. The van der Waals surface area contributed by atoms with Crippen LogP contribution in [0.5, 0.6) is 0 Å². The average molecular weight is 393 g/mol. The number of benzene rings is 1. The van der Waals surface area contributed by atoms with Gasteiger partial charge >= 0.3 is 5.97 Å². The topological polar surface area (TPSA) is 116 Å². The first-order chi connectivity index (χ1) is 14.0. The highest BCUT2D eigenvalue weighted by Gasteiger charge is 2.17. The average Bonchev–Trinajstić information content (AvgIpc) is 3.36. The van der Waals surface area contributed by atoms with Crippen LogP contribution in [0.4, 0.5) is 5.69 Å². The highest BCUT2D eigenvalue weighted by Crippen LogP contribution is 2.18. The van der Waals surface area contributed by atoms with Crippen LogP contribution in [0.1, 0.15) is 32.4 Å². The van der Waals surface area contributed by atoms with Gasteiger partial charge in [-0.15, -0.1) is 4.57 Å². The summed E-state index contributed by atoms with van der Waals surface area (Å²) in [5.74, 6) is -0.525. The van der Waals surface area contributed by atoms with E-state index in [2.05, 4.69) is 10.3 Å². The van der Waals surface area contributed by atoms with E-state index in [9.17, 15) is 14.4 Å². The summed E-state index contributed by atoms with van der Waals surface area (Å²) in [7, 11) is 0. The highest BCUT2D eigenvalue weighted by molar-refractivity contribution is 6.06. The lowest BCUT2D eigenvalue weighted by molar-refractivity contribution is 0.0469. The van der Waals surface area contributed by atoms with Crippen LogP contribution < -0.4 is 10.9 Å². The fourth-order valence-electron chi connectivity index (χ4n) is 2.73. The number of ether oxygens (including phenoxy) is 1. The number of rotatable bonds is 5. The first-order valence-corrected chi connectivity index (χ1v) is 8.62. The number of nitrogens with zero attached hydrogens (tertiary/aromatic N) is 2. The van der Waals surface area contributed by atoms with Crippen molar-refractivity contribution in [2.24, 2.45) is 0 Å². The Balaban J connectivity index is 1.50. The van der Waals surface area contributed by atoms with Crippen LogP contribution in [0.25, 0.3) is 5.65 Å². The van der Waals surface area contributed by atoms with Crippen molar-refractivity contribution in [3.8, 4) is 0 Å². The van der Waals surface area contributed by atoms with Crippen LogP contribution in [0.2, 0.25) is 0 Å². The highest BCUT2D eigenvalue weighted by atomic mass is 16.5. The molecule has 0 aliphatic carbocycles. The van der Waals surface area contributed by atoms with Gasteiger partial charge in [0.2, 0.25) is 0 Å². The molecule has 1 N–H and O–H groups in total. The molecule has 0 saturated heterocycles. The maximum Gasteiger partial charge on any atom is 0.340 e. The molecule has 1 aromatic carbocycles. The molecule has 0 aliphatic rings. The van der Waals surface area contributed by atoms with Crippen LogP contribution in [-0.2, 0) is 11.3 Å². The molecule has 4 rings (SSSR count). The van der Waals surface area contributed by atoms with E-state index in [1.165, 1.54) is 24.5 Å². The predicted molar refractivity (Wildman–Crippen MR) is 101 cm³/mol. The number of hydrogen-bond donors (Lipinski definition) is 1. The summed E-state index contributed by atoms with van der Waals surface area (Å²) in [5, 5.41) is 2.61. The summed E-state index contributed by atoms with van der Waals surface area (Å²) < 4.78 is 16.6. The van der Waals surface area contributed by atoms with Gasteiger partial charge in [-0.05, 0) is 31.2 Å². The second kappa shape index (κ2) is 7.47. The van der Waals surface area contributed by atoms with Crippen molar-refractivity contribution in [2.75, 3.05) is 5.32 Å². The first kappa shape index (κ1) is 18.2. The van der Waals surface area contributed by atoms with E-state index in [1.807, 2.05) is 0 Å². The number of anilines is 1. The molecule has 146 valence electrons. The van der Waals surface area contributed by atoms with Gasteiger partial charge in [-0.2, -0.15) is 0 Å². The number of para-hydroxylation sites is 1. The van der Waals surface area contributed by atoms with E-state index in [0.29, 0.717) is 11.4 Å². The maximum absolute atomic E-state index is 12.5. The van der Waals surface area contributed by atoms with Crippen molar-refractivity contribution >= 4 is 23.2 Å². The second-order valence-corrected chi connectivity index (χ2v) is 6.14. The standard InChI is InChI=1S/C20H15N3O6/c1-12-9-17-21-13(10-18(24)23(17)29-12)11-28-20(26)14-5-2-3-6-15(14)22-19(25)16-7-4-8-27-16/h2-10H,11H2,1H3,(H,22,25). The molecule has 0 spiro atoms. The molecule has 0 saturated carbocycles. The molecule has 4 aromatic rings. The monoisotopic (exact) mass is 393 g/mol. The molecule has 1 amide bonds. The van der Waals surface area contributed by atoms with Crippen molar-refractivity contribution in [3.63, 3.8) is 0 Å². The number of aryl methyl sites for hydroxylation is 1. The predicted octanol–water partition coefficient (Wildman–Crippen LogP) is 2.80. The quantitative estimate of drug-likeness (QED) is 0.518. The largest absolute Gasteiger partial charge is 0.459 e. The summed E-state index contributed by atoms with van der Waals surface area (Å²) in [5.41, 5.74) is 0.617. The van der Waals surface area contributed by atoms with Crippen LogP contribution in [-0.4, -0.2) is 21.4 Å². The molecule has 29 heavy (non-hydrogen) atoms. The van der Waals surface area contributed by atoms with Gasteiger partial charge in [0.05, 0.1) is 23.2 Å². The number of carbonyl (C=O) groups is 2. The molecular weight excluding hydrogens is 378 g/mol. The number of hydrogen-bond acceptors (Lipinski definition) is 7. The summed E-state index contributed by atoms with van der Waals surface area (Å²) in [6, 6.07) is 12.3. The van der Waals surface area contributed by atoms with Crippen molar-refractivity contribution < 1.29 is 23.3 Å². The third-order valence-corrected chi connectivity index (χ3v) is 4.02. The normalized spacial score (nSPS) is 10.8. The summed E-state index contributed by atoms with van der Waals surface area (Å²) in [6.45, 7) is 1.48. The molecule has 9 nitrogen and oxygen atoms in total. The maximum atomic E-state index is 12.5. The Morgan fingerprint density at radius 1 is 1.17 bits per heavy atom. The Kier molecular flexibility index (Phi) is 4.70. The zero-order chi connectivity index (χ0) is 20.4. The summed E-state index contributed by atoms with van der Waals surface area (Å²) >= 11 is 0. The molecule has 3 heterocycles. The van der Waals surface area contributed by atoms with Gasteiger partial charge < -0.3 is 19.0 Å². The molecule has 0 bridgehead atoms. The van der Waals surface area contributed by atoms with E-state index < -0.39 is 17.4 Å². The molecule has 3 aromatic heterocycles. The molecule has 0 atom stereocenters. The van der Waals surface area contributed by atoms with E-state index in [0.717, 1.165) is 4.57 Å². The van der Waals surface area contributed by atoms with Crippen molar-refractivity contribution in [1.82, 2.24) is 9.56 Å². The van der Waals surface area contributed by atoms with E-state index in [4.69, 9.17) is 13.7 Å². The molecule has 9 heteroatoms. The smallest absolute Gasteiger partial charge is 0.340 e. The Hall–Kier alpha value is -4.14. The minimum atomic E-state index is -0.675. The third kappa shape index (κ3) is 3.79. The van der Waals surface area contributed by atoms with E-state index in [1.54, 1.807) is 37.3 Å². The molecular formula is C20H15N3O6. The van der Waals surface area contributed by atoms with E-state index >= 15 is 0 Å². The summed E-state index contributed by atoms with van der Waals surface area (Å²) in [6.07, 6.45) is 1.38. The van der Waals surface area contributed by atoms with Gasteiger partial charge in [0.25, 0.3) is 11.5 Å². The third-order valence-electron chi connectivity index (χ3n) is 4.02. The number of fused-ring (bicyclic) bond motifs is 1. The lowest BCUT2D eigenvalue weighted by atomic mass is 10.1. The zero-order valence-electron chi connectivity index (χ0n) is 15.2. The molecule has 0 fully saturated rings. The van der Waals surface area contributed by atoms with Crippen molar-refractivity contribution in [3.05, 3.63) is 87.9 Å². The minimum absolute atomic E-state index is 0.113. The van der Waals surface area contributed by atoms with Gasteiger partial charge in [-0.25, -0.2) is 9.78 Å². The molecule has 0 aliphatic heterocycles. The van der Waals surface area contributed by atoms with Crippen LogP contribution >= 0.6 is 0 Å². The number of aromatic nitrogens is 2. The Bertz CT molecular complexity index is 1250. The number of carbonyl (C=O) groups excluding carboxylic acids is 2. The number of furan rings is 1. The Morgan fingerprint density at radius 3 is 2.79 bits per heavy atom. The summed E-state index contributed by atoms with van der Waals surface area (Å²) in [4.78, 5) is 41.0. The van der Waals surface area contributed by atoms with Crippen LogP contribution in [0.15, 0.2) is 68.5 Å². The zero-order valence-corrected chi connectivity index (χ0v) is 15.2. The lowest BCUT2D eigenvalue weighted by Crippen LogP contribution is -2.17. The number of nitrogens with one attached hydrogen (secondary N) is 1. The van der Waals surface area contributed by atoms with Gasteiger partial charge in [0.15, 0.2) is 11.4 Å². The minimum Gasteiger partial charge on any atom is -0.459 e. The SMILES string of the molecule is Cc1cc2nc(COC(=O)c3ccccc3NC(=O)c3ccco3)cc(=O)n2o1. The van der Waals surface area contributed by atoms with Crippen molar-refractivity contribution in [2.45, 2.75) is 13.5 Å². The van der Waals surface area contributed by atoms with Gasteiger partial charge in [-0.1, -0.05) is 12.1 Å². The van der Waals surface area contributed by atoms with E-state index in [-0.39, 0.29) is 29.3 Å². The number of esters is 1. The van der Waals surface area contributed by atoms with Gasteiger partial charge in [-0.3, -0.25) is 9.59 Å². The van der Waals surface area contributed by atoms with Gasteiger partial charge in [0, 0.05) is 12.1 Å². The fourth-order valence-corrected chi connectivity index (χ4v) is 2.73. The molecule has 0 unspecified atom stereocenters. The van der Waals surface area contributed by atoms with Crippen LogP contribution in [0.3, 0.4) is 0 Å². The fraction of sp³-hybridized carbons (Fsp3) is 0.100. The second-order valence-electron chi connectivity index (χ2n) is 6.14. The van der Waals surface area contributed by atoms with Gasteiger partial charge in [0.1, 0.15) is 12.4 Å². The van der Waals surface area contributed by atoms with Crippen LogP contribution in [0, 0.1) is 6.92 Å². The Morgan fingerprint density at radius 2 is 2.00 bits per heavy atom.